The van der Waals surface area contributed by atoms with Gasteiger partial charge in [-0.1, -0.05) is 0 Å². The molecule has 0 aliphatic carbocycles. The molecule has 0 amide bonds. The van der Waals surface area contributed by atoms with Crippen LogP contribution in [0.2, 0.25) is 0 Å². The second-order valence-corrected chi connectivity index (χ2v) is 9.23. The molecule has 0 saturated carbocycles. The Balaban J connectivity index is 1.63. The lowest BCUT2D eigenvalue weighted by molar-refractivity contribution is 0.0818. The number of anilines is 2. The van der Waals surface area contributed by atoms with Gasteiger partial charge in [-0.05, 0) is 31.7 Å². The van der Waals surface area contributed by atoms with Crippen molar-refractivity contribution in [3.63, 3.8) is 0 Å². The van der Waals surface area contributed by atoms with Gasteiger partial charge in [-0.15, -0.1) is 0 Å². The molecule has 2 aliphatic rings. The van der Waals surface area contributed by atoms with Gasteiger partial charge in [-0.3, -0.25) is 0 Å². The molecule has 0 radical (unpaired) electrons. The quantitative estimate of drug-likeness (QED) is 0.497. The lowest BCUT2D eigenvalue weighted by atomic mass is 10.0. The second kappa shape index (κ2) is 11.0. The van der Waals surface area contributed by atoms with Crippen LogP contribution in [0.3, 0.4) is 0 Å². The Morgan fingerprint density at radius 1 is 1.00 bits per heavy atom. The summed E-state index contributed by atoms with van der Waals surface area (Å²) in [6.45, 7) is 2.68. The number of halogens is 2. The van der Waals surface area contributed by atoms with Gasteiger partial charge in [-0.25, -0.2) is 23.7 Å². The number of piperidine rings is 1. The highest BCUT2D eigenvalue weighted by Gasteiger charge is 2.27. The van der Waals surface area contributed by atoms with E-state index in [1.165, 1.54) is 20.3 Å². The average Bonchev–Trinajstić information content (AvgIpc) is 2.93. The van der Waals surface area contributed by atoms with Crippen LogP contribution >= 0.6 is 0 Å². The molecule has 37 heavy (non-hydrogen) atoms. The molecule has 1 atom stereocenters. The zero-order valence-electron chi connectivity index (χ0n) is 21.2. The molecule has 1 aromatic carbocycles. The van der Waals surface area contributed by atoms with Crippen LogP contribution in [0.1, 0.15) is 25.7 Å². The van der Waals surface area contributed by atoms with Crippen molar-refractivity contribution in [3.8, 4) is 22.8 Å². The fraction of sp³-hybridized carbons (Fsp3) is 0.500. The molecule has 2 fully saturated rings. The van der Waals surface area contributed by atoms with Gasteiger partial charge >= 0.3 is 0 Å². The predicted octanol–water partition coefficient (Wildman–Crippen LogP) is 4.19. The molecule has 198 valence electrons. The van der Waals surface area contributed by atoms with Crippen LogP contribution in [-0.2, 0) is 9.47 Å². The first-order valence-electron chi connectivity index (χ1n) is 12.4. The standard InChI is InChI=1S/C26H31F2N5O4/c1-34-17-6-8-33(9-7-17)25-24-15(13-29-26(32-24)30-16-5-4-10-37-14-16)11-18(31-25)21-22(27)19(35-2)12-20(36-3)23(21)28/h11-13,16-17H,4-10,14H2,1-3H3,(H,29,30,32)/t16-/m0/s1. The minimum absolute atomic E-state index is 0.105. The van der Waals surface area contributed by atoms with Gasteiger partial charge in [-0.2, -0.15) is 0 Å². The van der Waals surface area contributed by atoms with E-state index in [1.807, 2.05) is 0 Å². The van der Waals surface area contributed by atoms with Crippen molar-refractivity contribution in [2.24, 2.45) is 0 Å². The van der Waals surface area contributed by atoms with Crippen molar-refractivity contribution in [2.45, 2.75) is 37.8 Å². The van der Waals surface area contributed by atoms with Gasteiger partial charge in [0.2, 0.25) is 5.95 Å². The SMILES string of the molecule is COc1cc(OC)c(F)c(-c2cc3cnc(N[C@H]4CCCOC4)nc3c(N3CCC(OC)CC3)n2)c1F. The Hall–Kier alpha value is -3.31. The normalized spacial score (nSPS) is 18.7. The summed E-state index contributed by atoms with van der Waals surface area (Å²) in [5.41, 5.74) is 0.380. The van der Waals surface area contributed by atoms with Crippen molar-refractivity contribution in [1.29, 1.82) is 0 Å². The van der Waals surface area contributed by atoms with E-state index in [0.29, 0.717) is 42.4 Å². The number of methoxy groups -OCH3 is 3. The van der Waals surface area contributed by atoms with Crippen molar-refractivity contribution in [2.75, 3.05) is 57.8 Å². The Kier molecular flexibility index (Phi) is 7.52. The van der Waals surface area contributed by atoms with Crippen LogP contribution in [0.4, 0.5) is 20.5 Å². The lowest BCUT2D eigenvalue weighted by Crippen LogP contribution is -2.37. The first-order chi connectivity index (χ1) is 18.0. The fourth-order valence-corrected chi connectivity index (χ4v) is 4.89. The highest BCUT2D eigenvalue weighted by atomic mass is 19.1. The number of nitrogens with one attached hydrogen (secondary N) is 1. The first-order valence-corrected chi connectivity index (χ1v) is 12.4. The lowest BCUT2D eigenvalue weighted by Gasteiger charge is -2.32. The summed E-state index contributed by atoms with van der Waals surface area (Å²) >= 11 is 0. The largest absolute Gasteiger partial charge is 0.494 e. The summed E-state index contributed by atoms with van der Waals surface area (Å²) in [6.07, 6.45) is 5.34. The Morgan fingerprint density at radius 3 is 2.35 bits per heavy atom. The monoisotopic (exact) mass is 515 g/mol. The van der Waals surface area contributed by atoms with Crippen LogP contribution in [0.15, 0.2) is 18.3 Å². The number of rotatable bonds is 7. The summed E-state index contributed by atoms with van der Waals surface area (Å²) in [6, 6.07) is 2.89. The molecule has 4 heterocycles. The van der Waals surface area contributed by atoms with Gasteiger partial charge < -0.3 is 29.2 Å². The van der Waals surface area contributed by atoms with Gasteiger partial charge in [0.15, 0.2) is 29.0 Å². The number of hydrogen-bond acceptors (Lipinski definition) is 9. The van der Waals surface area contributed by atoms with E-state index in [4.69, 9.17) is 28.9 Å². The van der Waals surface area contributed by atoms with E-state index in [1.54, 1.807) is 19.4 Å². The van der Waals surface area contributed by atoms with Gasteiger partial charge in [0.05, 0.1) is 44.2 Å². The smallest absolute Gasteiger partial charge is 0.223 e. The van der Waals surface area contributed by atoms with E-state index in [9.17, 15) is 0 Å². The van der Waals surface area contributed by atoms with Crippen LogP contribution < -0.4 is 19.7 Å². The number of aromatic nitrogens is 3. The second-order valence-electron chi connectivity index (χ2n) is 9.23. The number of benzene rings is 1. The molecule has 0 bridgehead atoms. The average molecular weight is 516 g/mol. The number of hydrogen-bond donors (Lipinski definition) is 1. The van der Waals surface area contributed by atoms with E-state index in [2.05, 4.69) is 15.2 Å². The van der Waals surface area contributed by atoms with Gasteiger partial charge in [0.1, 0.15) is 5.52 Å². The zero-order chi connectivity index (χ0) is 25.9. The highest BCUT2D eigenvalue weighted by Crippen LogP contribution is 2.39. The van der Waals surface area contributed by atoms with Gasteiger partial charge in [0, 0.05) is 44.5 Å². The topological polar surface area (TPSA) is 90.9 Å². The molecule has 2 aliphatic heterocycles. The molecule has 11 heteroatoms. The molecular formula is C26H31F2N5O4. The van der Waals surface area contributed by atoms with Crippen molar-refractivity contribution < 1.29 is 27.7 Å². The van der Waals surface area contributed by atoms with E-state index in [0.717, 1.165) is 32.3 Å². The minimum atomic E-state index is -0.854. The third kappa shape index (κ3) is 5.10. The number of nitrogens with zero attached hydrogens (tertiary/aromatic N) is 4. The maximum atomic E-state index is 15.4. The maximum Gasteiger partial charge on any atom is 0.223 e. The molecule has 3 aromatic rings. The van der Waals surface area contributed by atoms with Crippen molar-refractivity contribution in [1.82, 2.24) is 15.0 Å². The predicted molar refractivity (Wildman–Crippen MR) is 135 cm³/mol. The summed E-state index contributed by atoms with van der Waals surface area (Å²) in [4.78, 5) is 16.1. The third-order valence-corrected chi connectivity index (χ3v) is 6.95. The summed E-state index contributed by atoms with van der Waals surface area (Å²) in [5.74, 6) is -0.980. The molecular weight excluding hydrogens is 484 g/mol. The van der Waals surface area contributed by atoms with Crippen LogP contribution in [0, 0.1) is 11.6 Å². The molecule has 2 aromatic heterocycles. The van der Waals surface area contributed by atoms with Crippen molar-refractivity contribution >= 4 is 22.7 Å². The minimum Gasteiger partial charge on any atom is -0.494 e. The fourth-order valence-electron chi connectivity index (χ4n) is 4.89. The van der Waals surface area contributed by atoms with E-state index >= 15 is 8.78 Å². The molecule has 0 unspecified atom stereocenters. The van der Waals surface area contributed by atoms with Crippen LogP contribution in [0.25, 0.3) is 22.2 Å². The van der Waals surface area contributed by atoms with Crippen molar-refractivity contribution in [3.05, 3.63) is 30.0 Å². The zero-order valence-corrected chi connectivity index (χ0v) is 21.2. The maximum absolute atomic E-state index is 15.4. The summed E-state index contributed by atoms with van der Waals surface area (Å²) in [5, 5.41) is 3.96. The van der Waals surface area contributed by atoms with Crippen LogP contribution in [0.5, 0.6) is 11.5 Å². The Labute approximate surface area is 214 Å². The first kappa shape index (κ1) is 25.3. The summed E-state index contributed by atoms with van der Waals surface area (Å²) < 4.78 is 52.1. The Bertz CT molecular complexity index is 1240. The number of ether oxygens (including phenoxy) is 4. The van der Waals surface area contributed by atoms with Crippen LogP contribution in [-0.4, -0.2) is 74.7 Å². The third-order valence-electron chi connectivity index (χ3n) is 6.95. The number of fused-ring (bicyclic) bond motifs is 1. The number of pyridine rings is 1. The van der Waals surface area contributed by atoms with E-state index < -0.39 is 11.6 Å². The molecule has 5 rings (SSSR count). The molecule has 2 saturated heterocycles. The Morgan fingerprint density at radius 2 is 1.73 bits per heavy atom. The van der Waals surface area contributed by atoms with Gasteiger partial charge in [0.25, 0.3) is 0 Å². The summed E-state index contributed by atoms with van der Waals surface area (Å²) in [7, 11) is 4.34. The molecule has 0 spiro atoms. The molecule has 9 nitrogen and oxygen atoms in total. The van der Waals surface area contributed by atoms with E-state index in [-0.39, 0.29) is 34.9 Å². The molecule has 1 N–H and O–H groups in total. The highest BCUT2D eigenvalue weighted by molar-refractivity contribution is 5.92.